The molecule has 1 aromatic carbocycles. The molecule has 2 atom stereocenters. The molecule has 114 valence electrons. The minimum atomic E-state index is -0.163. The Bertz CT molecular complexity index is 383. The summed E-state index contributed by atoms with van der Waals surface area (Å²) < 4.78 is 13.1. The first kappa shape index (κ1) is 17.2. The van der Waals surface area contributed by atoms with E-state index in [4.69, 9.17) is 0 Å². The second-order valence-electron chi connectivity index (χ2n) is 6.47. The highest BCUT2D eigenvalue weighted by molar-refractivity contribution is 5.26. The molecule has 0 aromatic heterocycles. The maximum Gasteiger partial charge on any atom is 0.123 e. The number of benzene rings is 1. The summed E-state index contributed by atoms with van der Waals surface area (Å²) in [6.45, 7) is 12.2. The van der Waals surface area contributed by atoms with Crippen LogP contribution in [0.25, 0.3) is 0 Å². The van der Waals surface area contributed by atoms with Crippen LogP contribution in [0.3, 0.4) is 0 Å². The predicted octanol–water partition coefficient (Wildman–Crippen LogP) is 4.91. The first-order valence-electron chi connectivity index (χ1n) is 7.91. The first-order valence-corrected chi connectivity index (χ1v) is 7.91. The number of hydrogen-bond acceptors (Lipinski definition) is 1. The largest absolute Gasteiger partial charge is 0.313 e. The molecule has 0 fully saturated rings. The van der Waals surface area contributed by atoms with Gasteiger partial charge < -0.3 is 5.32 Å². The molecule has 1 rings (SSSR count). The fourth-order valence-electron chi connectivity index (χ4n) is 2.97. The molecule has 20 heavy (non-hydrogen) atoms. The Labute approximate surface area is 124 Å². The van der Waals surface area contributed by atoms with Gasteiger partial charge in [-0.25, -0.2) is 4.39 Å². The third-order valence-electron chi connectivity index (χ3n) is 4.33. The SMILES string of the molecule is CCCC(C)CC(NCC)C(C)(C)c1ccc(F)cc1. The average Bonchev–Trinajstić information content (AvgIpc) is 2.39. The summed E-state index contributed by atoms with van der Waals surface area (Å²) in [6.07, 6.45) is 3.66. The molecule has 2 heteroatoms. The van der Waals surface area contributed by atoms with Crippen molar-refractivity contribution in [2.45, 2.75) is 65.3 Å². The third kappa shape index (κ3) is 4.59. The van der Waals surface area contributed by atoms with Crippen LogP contribution in [0.5, 0.6) is 0 Å². The Morgan fingerprint density at radius 3 is 2.25 bits per heavy atom. The van der Waals surface area contributed by atoms with Crippen LogP contribution in [0, 0.1) is 11.7 Å². The summed E-state index contributed by atoms with van der Waals surface area (Å²) in [5.41, 5.74) is 1.21. The molecule has 0 saturated carbocycles. The lowest BCUT2D eigenvalue weighted by Gasteiger charge is -2.37. The van der Waals surface area contributed by atoms with E-state index in [-0.39, 0.29) is 11.2 Å². The zero-order valence-corrected chi connectivity index (χ0v) is 13.7. The second-order valence-corrected chi connectivity index (χ2v) is 6.47. The molecule has 0 radical (unpaired) electrons. The van der Waals surface area contributed by atoms with Crippen LogP contribution < -0.4 is 5.32 Å². The van der Waals surface area contributed by atoms with Gasteiger partial charge in [-0.05, 0) is 36.6 Å². The summed E-state index contributed by atoms with van der Waals surface area (Å²) in [5.74, 6) is 0.549. The van der Waals surface area contributed by atoms with Crippen molar-refractivity contribution >= 4 is 0 Å². The molecule has 2 unspecified atom stereocenters. The van der Waals surface area contributed by atoms with Crippen molar-refractivity contribution in [3.63, 3.8) is 0 Å². The van der Waals surface area contributed by atoms with Crippen LogP contribution in [0.1, 0.15) is 59.4 Å². The van der Waals surface area contributed by atoms with E-state index < -0.39 is 0 Å². The lowest BCUT2D eigenvalue weighted by Crippen LogP contribution is -2.45. The van der Waals surface area contributed by atoms with Gasteiger partial charge in [0.05, 0.1) is 0 Å². The topological polar surface area (TPSA) is 12.0 Å². The van der Waals surface area contributed by atoms with Crippen LogP contribution in [-0.4, -0.2) is 12.6 Å². The lowest BCUT2D eigenvalue weighted by atomic mass is 9.74. The van der Waals surface area contributed by atoms with Crippen molar-refractivity contribution in [1.29, 1.82) is 0 Å². The van der Waals surface area contributed by atoms with Crippen molar-refractivity contribution in [1.82, 2.24) is 5.32 Å². The average molecular weight is 279 g/mol. The van der Waals surface area contributed by atoms with Crippen molar-refractivity contribution < 1.29 is 4.39 Å². The van der Waals surface area contributed by atoms with Crippen molar-refractivity contribution in [3.05, 3.63) is 35.6 Å². The van der Waals surface area contributed by atoms with Gasteiger partial charge in [-0.2, -0.15) is 0 Å². The molecule has 0 heterocycles. The fourth-order valence-corrected chi connectivity index (χ4v) is 2.97. The number of rotatable bonds is 8. The Balaban J connectivity index is 2.89. The molecule has 0 saturated heterocycles. The zero-order chi connectivity index (χ0) is 15.2. The summed E-state index contributed by atoms with van der Waals surface area (Å²) in [4.78, 5) is 0. The van der Waals surface area contributed by atoms with Gasteiger partial charge >= 0.3 is 0 Å². The quantitative estimate of drug-likeness (QED) is 0.713. The molecule has 0 amide bonds. The Morgan fingerprint density at radius 2 is 1.75 bits per heavy atom. The molecule has 1 aromatic rings. The smallest absolute Gasteiger partial charge is 0.123 e. The first-order chi connectivity index (χ1) is 9.41. The zero-order valence-electron chi connectivity index (χ0n) is 13.7. The summed E-state index contributed by atoms with van der Waals surface area (Å²) in [6, 6.07) is 7.39. The highest BCUT2D eigenvalue weighted by Crippen LogP contribution is 2.31. The van der Waals surface area contributed by atoms with Crippen LogP contribution in [-0.2, 0) is 5.41 Å². The minimum absolute atomic E-state index is 0.00567. The van der Waals surface area contributed by atoms with Crippen molar-refractivity contribution in [2.24, 2.45) is 5.92 Å². The third-order valence-corrected chi connectivity index (χ3v) is 4.33. The summed E-state index contributed by atoms with van der Waals surface area (Å²) in [5, 5.41) is 3.63. The molecular weight excluding hydrogens is 249 g/mol. The predicted molar refractivity (Wildman–Crippen MR) is 85.6 cm³/mol. The summed E-state index contributed by atoms with van der Waals surface area (Å²) in [7, 11) is 0. The standard InChI is InChI=1S/C18H30FN/c1-6-8-14(3)13-17(20-7-2)18(4,5)15-9-11-16(19)12-10-15/h9-12,14,17,20H,6-8,13H2,1-5H3. The van der Waals surface area contributed by atoms with Crippen molar-refractivity contribution in [2.75, 3.05) is 6.54 Å². The van der Waals surface area contributed by atoms with E-state index in [1.54, 1.807) is 12.1 Å². The monoisotopic (exact) mass is 279 g/mol. The molecule has 1 nitrogen and oxygen atoms in total. The number of nitrogens with one attached hydrogen (secondary N) is 1. The molecule has 0 bridgehead atoms. The molecule has 0 aliphatic carbocycles. The van der Waals surface area contributed by atoms with E-state index in [9.17, 15) is 4.39 Å². The highest BCUT2D eigenvalue weighted by atomic mass is 19.1. The van der Waals surface area contributed by atoms with E-state index in [1.165, 1.54) is 18.4 Å². The molecule has 1 N–H and O–H groups in total. The number of likely N-dealkylation sites (N-methyl/N-ethyl adjacent to an activating group) is 1. The van der Waals surface area contributed by atoms with E-state index in [2.05, 4.69) is 39.9 Å². The van der Waals surface area contributed by atoms with Gasteiger partial charge in [-0.1, -0.05) is 59.6 Å². The maximum atomic E-state index is 13.1. The molecule has 0 aliphatic rings. The van der Waals surface area contributed by atoms with E-state index in [1.807, 2.05) is 12.1 Å². The number of halogens is 1. The molecule has 0 aliphatic heterocycles. The normalized spacial score (nSPS) is 15.1. The van der Waals surface area contributed by atoms with Gasteiger partial charge in [-0.15, -0.1) is 0 Å². The van der Waals surface area contributed by atoms with Gasteiger partial charge in [0.2, 0.25) is 0 Å². The van der Waals surface area contributed by atoms with Crippen LogP contribution in [0.15, 0.2) is 24.3 Å². The van der Waals surface area contributed by atoms with Gasteiger partial charge in [-0.3, -0.25) is 0 Å². The minimum Gasteiger partial charge on any atom is -0.313 e. The highest BCUT2D eigenvalue weighted by Gasteiger charge is 2.31. The van der Waals surface area contributed by atoms with Gasteiger partial charge in [0.15, 0.2) is 0 Å². The van der Waals surface area contributed by atoms with Gasteiger partial charge in [0.1, 0.15) is 5.82 Å². The molecular formula is C18H30FN. The Morgan fingerprint density at radius 1 is 1.15 bits per heavy atom. The van der Waals surface area contributed by atoms with E-state index >= 15 is 0 Å². The maximum absolute atomic E-state index is 13.1. The van der Waals surface area contributed by atoms with E-state index in [0.29, 0.717) is 12.0 Å². The number of hydrogen-bond donors (Lipinski definition) is 1. The van der Waals surface area contributed by atoms with E-state index in [0.717, 1.165) is 13.0 Å². The van der Waals surface area contributed by atoms with Crippen molar-refractivity contribution in [3.8, 4) is 0 Å². The Kier molecular flexibility index (Phi) is 6.67. The molecule has 0 spiro atoms. The summed E-state index contributed by atoms with van der Waals surface area (Å²) >= 11 is 0. The van der Waals surface area contributed by atoms with Crippen LogP contribution in [0.4, 0.5) is 4.39 Å². The fraction of sp³-hybridized carbons (Fsp3) is 0.667. The lowest BCUT2D eigenvalue weighted by molar-refractivity contribution is 0.283. The van der Waals surface area contributed by atoms with Gasteiger partial charge in [0.25, 0.3) is 0 Å². The van der Waals surface area contributed by atoms with Crippen LogP contribution >= 0.6 is 0 Å². The second kappa shape index (κ2) is 7.78. The Hall–Kier alpha value is -0.890. The van der Waals surface area contributed by atoms with Gasteiger partial charge in [0, 0.05) is 11.5 Å². The van der Waals surface area contributed by atoms with Crippen LogP contribution in [0.2, 0.25) is 0 Å².